The molecule has 1 saturated heterocycles. The van der Waals surface area contributed by atoms with Crippen LogP contribution in [0.2, 0.25) is 0 Å². The van der Waals surface area contributed by atoms with Crippen LogP contribution in [0.3, 0.4) is 0 Å². The fourth-order valence-electron chi connectivity index (χ4n) is 3.09. The highest BCUT2D eigenvalue weighted by Crippen LogP contribution is 2.27. The Morgan fingerprint density at radius 3 is 2.81 bits per heavy atom. The van der Waals surface area contributed by atoms with Gasteiger partial charge in [0.1, 0.15) is 5.75 Å². The van der Waals surface area contributed by atoms with Crippen LogP contribution in [0.5, 0.6) is 5.75 Å². The summed E-state index contributed by atoms with van der Waals surface area (Å²) in [7, 11) is 3.50. The minimum absolute atomic E-state index is 0.0363. The van der Waals surface area contributed by atoms with Gasteiger partial charge in [0, 0.05) is 31.8 Å². The second-order valence-corrected chi connectivity index (χ2v) is 6.15. The summed E-state index contributed by atoms with van der Waals surface area (Å²) in [5.41, 5.74) is 8.73. The van der Waals surface area contributed by atoms with E-state index >= 15 is 0 Å². The molecule has 0 aromatic heterocycles. The summed E-state index contributed by atoms with van der Waals surface area (Å²) < 4.78 is 11.0. The van der Waals surface area contributed by atoms with Crippen molar-refractivity contribution in [3.63, 3.8) is 0 Å². The van der Waals surface area contributed by atoms with Crippen molar-refractivity contribution in [3.8, 4) is 5.75 Å². The molecular formula is C17H28N2O2. The summed E-state index contributed by atoms with van der Waals surface area (Å²) in [4.78, 5) is 2.40. The number of benzene rings is 1. The van der Waals surface area contributed by atoms with Crippen LogP contribution in [0.1, 0.15) is 30.5 Å². The van der Waals surface area contributed by atoms with E-state index in [0.29, 0.717) is 12.0 Å². The molecule has 1 aromatic rings. The van der Waals surface area contributed by atoms with Gasteiger partial charge in [0.25, 0.3) is 0 Å². The highest BCUT2D eigenvalue weighted by atomic mass is 16.5. The predicted octanol–water partition coefficient (Wildman–Crippen LogP) is 2.36. The van der Waals surface area contributed by atoms with E-state index in [9.17, 15) is 0 Å². The molecule has 1 aliphatic rings. The molecule has 1 aliphatic heterocycles. The summed E-state index contributed by atoms with van der Waals surface area (Å²) in [6.07, 6.45) is 1.47. The van der Waals surface area contributed by atoms with E-state index in [1.165, 1.54) is 5.56 Å². The molecular weight excluding hydrogens is 264 g/mol. The Balaban J connectivity index is 2.04. The van der Waals surface area contributed by atoms with Gasteiger partial charge in [-0.1, -0.05) is 24.6 Å². The van der Waals surface area contributed by atoms with Crippen molar-refractivity contribution < 1.29 is 9.47 Å². The Morgan fingerprint density at radius 1 is 1.38 bits per heavy atom. The largest absolute Gasteiger partial charge is 0.496 e. The van der Waals surface area contributed by atoms with Crippen molar-refractivity contribution in [3.05, 3.63) is 29.3 Å². The van der Waals surface area contributed by atoms with Gasteiger partial charge >= 0.3 is 0 Å². The van der Waals surface area contributed by atoms with E-state index in [0.717, 1.165) is 37.4 Å². The molecule has 0 amide bonds. The maximum absolute atomic E-state index is 6.43. The number of hydrogen-bond acceptors (Lipinski definition) is 4. The molecule has 0 bridgehead atoms. The minimum atomic E-state index is -0.0363. The Morgan fingerprint density at radius 2 is 2.14 bits per heavy atom. The molecule has 1 aromatic carbocycles. The highest BCUT2D eigenvalue weighted by molar-refractivity contribution is 5.39. The molecule has 3 unspecified atom stereocenters. The predicted molar refractivity (Wildman–Crippen MR) is 85.7 cm³/mol. The molecule has 4 nitrogen and oxygen atoms in total. The van der Waals surface area contributed by atoms with Crippen LogP contribution in [0.15, 0.2) is 18.2 Å². The van der Waals surface area contributed by atoms with E-state index in [1.807, 2.05) is 6.07 Å². The van der Waals surface area contributed by atoms with Crippen molar-refractivity contribution in [1.82, 2.24) is 4.90 Å². The maximum atomic E-state index is 6.43. The molecule has 0 radical (unpaired) electrons. The van der Waals surface area contributed by atoms with Gasteiger partial charge in [-0.15, -0.1) is 0 Å². The summed E-state index contributed by atoms with van der Waals surface area (Å²) in [5.74, 6) is 1.50. The molecule has 0 saturated carbocycles. The van der Waals surface area contributed by atoms with Gasteiger partial charge in [0.2, 0.25) is 0 Å². The van der Waals surface area contributed by atoms with Crippen molar-refractivity contribution >= 4 is 0 Å². The van der Waals surface area contributed by atoms with Gasteiger partial charge < -0.3 is 15.2 Å². The second-order valence-electron chi connectivity index (χ2n) is 6.15. The number of ether oxygens (including phenoxy) is 2. The zero-order valence-electron chi connectivity index (χ0n) is 13.6. The molecule has 3 atom stereocenters. The molecule has 118 valence electrons. The number of methoxy groups -OCH3 is 2. The third-order valence-electron chi connectivity index (χ3n) is 4.52. The first-order valence-corrected chi connectivity index (χ1v) is 7.70. The zero-order chi connectivity index (χ0) is 15.4. The Bertz CT molecular complexity index is 464. The van der Waals surface area contributed by atoms with Gasteiger partial charge in [0.05, 0.1) is 13.2 Å². The number of piperidine rings is 1. The van der Waals surface area contributed by atoms with Crippen LogP contribution < -0.4 is 10.5 Å². The Hall–Kier alpha value is -1.10. The molecule has 4 heteroatoms. The van der Waals surface area contributed by atoms with E-state index in [4.69, 9.17) is 15.2 Å². The molecule has 0 aliphatic carbocycles. The number of nitrogens with two attached hydrogens (primary N) is 1. The minimum Gasteiger partial charge on any atom is -0.496 e. The SMILES string of the molecule is COc1ccc(C)cc1C(N)CN1CCC(C)C(OC)C1. The highest BCUT2D eigenvalue weighted by Gasteiger charge is 2.27. The molecule has 2 N–H and O–H groups in total. The fourth-order valence-corrected chi connectivity index (χ4v) is 3.09. The summed E-state index contributed by atoms with van der Waals surface area (Å²) in [5, 5.41) is 0. The van der Waals surface area contributed by atoms with Crippen LogP contribution in [0, 0.1) is 12.8 Å². The molecule has 1 heterocycles. The first kappa shape index (κ1) is 16.3. The van der Waals surface area contributed by atoms with E-state index in [2.05, 4.69) is 30.9 Å². The lowest BCUT2D eigenvalue weighted by atomic mass is 9.95. The number of likely N-dealkylation sites (tertiary alicyclic amines) is 1. The number of rotatable bonds is 5. The van der Waals surface area contributed by atoms with Crippen LogP contribution in [-0.2, 0) is 4.74 Å². The van der Waals surface area contributed by atoms with Crippen LogP contribution in [0.25, 0.3) is 0 Å². The van der Waals surface area contributed by atoms with Crippen LogP contribution in [0.4, 0.5) is 0 Å². The first-order chi connectivity index (χ1) is 10.0. The van der Waals surface area contributed by atoms with Crippen molar-refractivity contribution in [1.29, 1.82) is 0 Å². The fraction of sp³-hybridized carbons (Fsp3) is 0.647. The Labute approximate surface area is 128 Å². The summed E-state index contributed by atoms with van der Waals surface area (Å²) >= 11 is 0. The van der Waals surface area contributed by atoms with Crippen molar-refractivity contribution in [2.45, 2.75) is 32.4 Å². The summed E-state index contributed by atoms with van der Waals surface area (Å²) in [6, 6.07) is 6.15. The van der Waals surface area contributed by atoms with Gasteiger partial charge in [-0.2, -0.15) is 0 Å². The monoisotopic (exact) mass is 292 g/mol. The average Bonchev–Trinajstić information content (AvgIpc) is 2.49. The van der Waals surface area contributed by atoms with Crippen molar-refractivity contribution in [2.24, 2.45) is 11.7 Å². The standard InChI is InChI=1S/C17H28N2O2/c1-12-5-6-16(20-3)14(9-12)15(18)10-19-8-7-13(2)17(11-19)21-4/h5-6,9,13,15,17H,7-8,10-11,18H2,1-4H3. The lowest BCUT2D eigenvalue weighted by Gasteiger charge is -2.37. The number of hydrogen-bond donors (Lipinski definition) is 1. The quantitative estimate of drug-likeness (QED) is 0.905. The third kappa shape index (κ3) is 3.96. The molecule has 1 fully saturated rings. The van der Waals surface area contributed by atoms with Crippen LogP contribution >= 0.6 is 0 Å². The molecule has 0 spiro atoms. The lowest BCUT2D eigenvalue weighted by Crippen LogP contribution is -2.46. The van der Waals surface area contributed by atoms with E-state index in [-0.39, 0.29) is 6.04 Å². The average molecular weight is 292 g/mol. The Kier molecular flexibility index (Phi) is 5.62. The summed E-state index contributed by atoms with van der Waals surface area (Å²) in [6.45, 7) is 7.23. The number of aryl methyl sites for hydroxylation is 1. The van der Waals surface area contributed by atoms with Gasteiger partial charge in [-0.05, 0) is 31.9 Å². The topological polar surface area (TPSA) is 47.7 Å². The second kappa shape index (κ2) is 7.25. The van der Waals surface area contributed by atoms with E-state index < -0.39 is 0 Å². The molecule has 2 rings (SSSR count). The van der Waals surface area contributed by atoms with Gasteiger partial charge in [-0.25, -0.2) is 0 Å². The van der Waals surface area contributed by atoms with E-state index in [1.54, 1.807) is 14.2 Å². The number of nitrogens with zero attached hydrogens (tertiary/aromatic N) is 1. The van der Waals surface area contributed by atoms with Crippen molar-refractivity contribution in [2.75, 3.05) is 33.9 Å². The third-order valence-corrected chi connectivity index (χ3v) is 4.52. The maximum Gasteiger partial charge on any atom is 0.123 e. The smallest absolute Gasteiger partial charge is 0.123 e. The van der Waals surface area contributed by atoms with Gasteiger partial charge in [-0.3, -0.25) is 4.90 Å². The normalized spacial score (nSPS) is 24.8. The van der Waals surface area contributed by atoms with Gasteiger partial charge in [0.15, 0.2) is 0 Å². The molecule has 21 heavy (non-hydrogen) atoms. The van der Waals surface area contributed by atoms with Crippen LogP contribution in [-0.4, -0.2) is 44.9 Å². The zero-order valence-corrected chi connectivity index (χ0v) is 13.6. The lowest BCUT2D eigenvalue weighted by molar-refractivity contribution is -0.00648. The first-order valence-electron chi connectivity index (χ1n) is 7.70.